The minimum absolute atomic E-state index is 0.0217. The molecule has 2 amide bonds. The van der Waals surface area contributed by atoms with E-state index in [0.29, 0.717) is 25.3 Å². The highest BCUT2D eigenvalue weighted by atomic mass is 35.5. The van der Waals surface area contributed by atoms with Crippen molar-refractivity contribution in [2.45, 2.75) is 26.4 Å². The highest BCUT2D eigenvalue weighted by Crippen LogP contribution is 2.28. The summed E-state index contributed by atoms with van der Waals surface area (Å²) in [6, 6.07) is 5.85. The molecule has 0 radical (unpaired) electrons. The standard InChI is InChI=1S/C19H23ClFN5O2/c1-19(4-7-28-12-19)11-22-17-9-14-10-25(5-6-26(14)24-17)18(27)23-13-2-3-16(21)15(20)8-13/h2-3,8-9H,4-7,10-12H2,1H3,(H,22,24)(H,23,27). The molecule has 0 saturated carbocycles. The van der Waals surface area contributed by atoms with Crippen LogP contribution in [0.15, 0.2) is 24.3 Å². The number of amides is 2. The Morgan fingerprint density at radius 1 is 1.39 bits per heavy atom. The molecule has 9 heteroatoms. The lowest BCUT2D eigenvalue weighted by atomic mass is 9.90. The van der Waals surface area contributed by atoms with E-state index in [1.165, 1.54) is 18.2 Å². The van der Waals surface area contributed by atoms with Crippen molar-refractivity contribution in [2.24, 2.45) is 5.41 Å². The van der Waals surface area contributed by atoms with E-state index in [-0.39, 0.29) is 16.5 Å². The molecule has 1 unspecified atom stereocenters. The van der Waals surface area contributed by atoms with Crippen LogP contribution in [0.1, 0.15) is 19.0 Å². The lowest BCUT2D eigenvalue weighted by Gasteiger charge is -2.27. The summed E-state index contributed by atoms with van der Waals surface area (Å²) >= 11 is 5.77. The maximum Gasteiger partial charge on any atom is 0.322 e. The van der Waals surface area contributed by atoms with Crippen LogP contribution in [0.5, 0.6) is 0 Å². The zero-order valence-corrected chi connectivity index (χ0v) is 16.4. The third kappa shape index (κ3) is 4.07. The van der Waals surface area contributed by atoms with E-state index >= 15 is 0 Å². The molecule has 1 saturated heterocycles. The van der Waals surface area contributed by atoms with Crippen LogP contribution in [-0.4, -0.2) is 47.0 Å². The number of ether oxygens (including phenoxy) is 1. The average Bonchev–Trinajstić information content (AvgIpc) is 3.28. The summed E-state index contributed by atoms with van der Waals surface area (Å²) in [5.41, 5.74) is 1.56. The zero-order chi connectivity index (χ0) is 19.7. The van der Waals surface area contributed by atoms with Crippen LogP contribution >= 0.6 is 11.6 Å². The molecule has 3 heterocycles. The van der Waals surface area contributed by atoms with Crippen molar-refractivity contribution in [1.29, 1.82) is 0 Å². The first-order chi connectivity index (χ1) is 13.4. The number of urea groups is 1. The molecule has 2 aliphatic heterocycles. The van der Waals surface area contributed by atoms with Gasteiger partial charge in [0.25, 0.3) is 0 Å². The van der Waals surface area contributed by atoms with Gasteiger partial charge in [0.05, 0.1) is 30.4 Å². The van der Waals surface area contributed by atoms with Crippen molar-refractivity contribution in [1.82, 2.24) is 14.7 Å². The number of nitrogens with zero attached hydrogens (tertiary/aromatic N) is 3. The number of hydrogen-bond acceptors (Lipinski definition) is 4. The van der Waals surface area contributed by atoms with Gasteiger partial charge < -0.3 is 20.3 Å². The van der Waals surface area contributed by atoms with Crippen molar-refractivity contribution in [3.63, 3.8) is 0 Å². The van der Waals surface area contributed by atoms with Gasteiger partial charge in [0.2, 0.25) is 0 Å². The van der Waals surface area contributed by atoms with Crippen molar-refractivity contribution in [3.8, 4) is 0 Å². The minimum Gasteiger partial charge on any atom is -0.381 e. The first-order valence-electron chi connectivity index (χ1n) is 9.31. The Morgan fingerprint density at radius 2 is 2.25 bits per heavy atom. The van der Waals surface area contributed by atoms with Crippen molar-refractivity contribution >= 4 is 29.1 Å². The number of fused-ring (bicyclic) bond motifs is 1. The predicted molar refractivity (Wildman–Crippen MR) is 105 cm³/mol. The topological polar surface area (TPSA) is 71.4 Å². The Morgan fingerprint density at radius 3 is 3.00 bits per heavy atom. The number of halogens is 2. The Kier molecular flexibility index (Phi) is 5.16. The van der Waals surface area contributed by atoms with Gasteiger partial charge in [-0.1, -0.05) is 18.5 Å². The van der Waals surface area contributed by atoms with E-state index in [2.05, 4.69) is 22.7 Å². The van der Waals surface area contributed by atoms with Crippen LogP contribution < -0.4 is 10.6 Å². The number of anilines is 2. The third-order valence-electron chi connectivity index (χ3n) is 5.25. The van der Waals surface area contributed by atoms with E-state index in [4.69, 9.17) is 16.3 Å². The van der Waals surface area contributed by atoms with Crippen LogP contribution in [0.2, 0.25) is 5.02 Å². The zero-order valence-electron chi connectivity index (χ0n) is 15.7. The van der Waals surface area contributed by atoms with Gasteiger partial charge in [0, 0.05) is 36.9 Å². The predicted octanol–water partition coefficient (Wildman–Crippen LogP) is 3.56. The largest absolute Gasteiger partial charge is 0.381 e. The fourth-order valence-corrected chi connectivity index (χ4v) is 3.64. The Hall–Kier alpha value is -2.32. The number of nitrogens with one attached hydrogen (secondary N) is 2. The quantitative estimate of drug-likeness (QED) is 0.812. The first-order valence-corrected chi connectivity index (χ1v) is 9.69. The van der Waals surface area contributed by atoms with Crippen LogP contribution in [0, 0.1) is 11.2 Å². The molecule has 0 spiro atoms. The summed E-state index contributed by atoms with van der Waals surface area (Å²) in [5, 5.41) is 10.7. The lowest BCUT2D eigenvalue weighted by Crippen LogP contribution is -2.40. The van der Waals surface area contributed by atoms with Gasteiger partial charge >= 0.3 is 6.03 Å². The summed E-state index contributed by atoms with van der Waals surface area (Å²) in [7, 11) is 0. The van der Waals surface area contributed by atoms with Crippen molar-refractivity contribution < 1.29 is 13.9 Å². The molecule has 2 N–H and O–H groups in total. The number of benzene rings is 1. The fourth-order valence-electron chi connectivity index (χ4n) is 3.46. The van der Waals surface area contributed by atoms with Crippen LogP contribution in [0.25, 0.3) is 0 Å². The Bertz CT molecular complexity index is 881. The van der Waals surface area contributed by atoms with Gasteiger partial charge in [-0.2, -0.15) is 5.10 Å². The monoisotopic (exact) mass is 407 g/mol. The highest BCUT2D eigenvalue weighted by molar-refractivity contribution is 6.31. The molecule has 150 valence electrons. The molecule has 1 fully saturated rings. The first kappa shape index (κ1) is 19.0. The van der Waals surface area contributed by atoms with Gasteiger partial charge in [-0.15, -0.1) is 0 Å². The lowest BCUT2D eigenvalue weighted by molar-refractivity contribution is 0.164. The van der Waals surface area contributed by atoms with E-state index in [9.17, 15) is 9.18 Å². The number of rotatable bonds is 4. The van der Waals surface area contributed by atoms with Gasteiger partial charge in [-0.25, -0.2) is 9.18 Å². The number of aromatic nitrogens is 2. The van der Waals surface area contributed by atoms with Gasteiger partial charge in [-0.3, -0.25) is 4.68 Å². The summed E-state index contributed by atoms with van der Waals surface area (Å²) in [4.78, 5) is 14.2. The number of carbonyl (C=O) groups is 1. The van der Waals surface area contributed by atoms with Crippen molar-refractivity contribution in [2.75, 3.05) is 36.9 Å². The van der Waals surface area contributed by atoms with Crippen LogP contribution in [-0.2, 0) is 17.8 Å². The molecule has 1 aromatic carbocycles. The molecule has 0 aliphatic carbocycles. The molecule has 2 aliphatic rings. The summed E-state index contributed by atoms with van der Waals surface area (Å²) in [6.07, 6.45) is 1.04. The molecule has 7 nitrogen and oxygen atoms in total. The molecule has 28 heavy (non-hydrogen) atoms. The van der Waals surface area contributed by atoms with E-state index in [1.807, 2.05) is 10.7 Å². The molecule has 4 rings (SSSR count). The van der Waals surface area contributed by atoms with E-state index in [0.717, 1.165) is 37.7 Å². The molecule has 0 bridgehead atoms. The molecule has 1 atom stereocenters. The Labute approximate surface area is 167 Å². The third-order valence-corrected chi connectivity index (χ3v) is 5.54. The molecule has 2 aromatic rings. The fraction of sp³-hybridized carbons (Fsp3) is 0.474. The maximum absolute atomic E-state index is 13.3. The second-order valence-corrected chi connectivity index (χ2v) is 8.10. The van der Waals surface area contributed by atoms with Gasteiger partial charge in [0.1, 0.15) is 11.6 Å². The van der Waals surface area contributed by atoms with Crippen molar-refractivity contribution in [3.05, 3.63) is 40.8 Å². The molecule has 1 aromatic heterocycles. The summed E-state index contributed by atoms with van der Waals surface area (Å²) in [5.74, 6) is 0.301. The minimum atomic E-state index is -0.514. The highest BCUT2D eigenvalue weighted by Gasteiger charge is 2.30. The number of carbonyl (C=O) groups excluding carboxylic acids is 1. The van der Waals surface area contributed by atoms with E-state index in [1.54, 1.807) is 4.90 Å². The van der Waals surface area contributed by atoms with Crippen LogP contribution in [0.3, 0.4) is 0 Å². The summed E-state index contributed by atoms with van der Waals surface area (Å²) in [6.45, 7) is 6.19. The average molecular weight is 408 g/mol. The Balaban J connectivity index is 1.36. The summed E-state index contributed by atoms with van der Waals surface area (Å²) < 4.78 is 20.7. The second kappa shape index (κ2) is 7.60. The van der Waals surface area contributed by atoms with Crippen LogP contribution in [0.4, 0.5) is 20.7 Å². The normalized spacial score (nSPS) is 21.5. The smallest absolute Gasteiger partial charge is 0.322 e. The SMILES string of the molecule is CC1(CNc2cc3n(n2)CCN(C(=O)Nc2ccc(F)c(Cl)c2)C3)CCOC1. The van der Waals surface area contributed by atoms with Gasteiger partial charge in [-0.05, 0) is 24.6 Å². The van der Waals surface area contributed by atoms with Gasteiger partial charge in [0.15, 0.2) is 0 Å². The molecular formula is C19H23ClFN5O2. The van der Waals surface area contributed by atoms with E-state index < -0.39 is 5.82 Å². The maximum atomic E-state index is 13.3. The number of hydrogen-bond donors (Lipinski definition) is 2. The molecular weight excluding hydrogens is 385 g/mol. The second-order valence-electron chi connectivity index (χ2n) is 7.69.